The predicted molar refractivity (Wildman–Crippen MR) is 242 cm³/mol. The molecule has 0 fully saturated rings. The summed E-state index contributed by atoms with van der Waals surface area (Å²) in [6.45, 7) is 0.609. The van der Waals surface area contributed by atoms with Gasteiger partial charge in [-0.2, -0.15) is 0 Å². The van der Waals surface area contributed by atoms with Crippen LogP contribution in [0.4, 0.5) is 23.0 Å². The van der Waals surface area contributed by atoms with Crippen molar-refractivity contribution in [2.24, 2.45) is 0 Å². The van der Waals surface area contributed by atoms with Crippen LogP contribution in [0.1, 0.15) is 22.3 Å². The van der Waals surface area contributed by atoms with Crippen molar-refractivity contribution in [2.45, 2.75) is 0 Å². The molecule has 10 aromatic rings. The molecule has 280 valence electrons. The first-order chi connectivity index (χ1) is 29.3. The average molecular weight is 759 g/mol. The number of fused-ring (bicyclic) bond motifs is 4. The van der Waals surface area contributed by atoms with Crippen LogP contribution in [-0.4, -0.2) is 25.8 Å². The SMILES string of the molecule is c1ccc(C(=C(c2cccc(N3CN(c4ccccc4)c4c3ncn4-c3ccccc3)c2)c2ccc3c4ccccc4n(-c4ccccn4)c3c2)c2ccccc2)cc1. The molecule has 0 radical (unpaired) electrons. The van der Waals surface area contributed by atoms with Crippen molar-refractivity contribution in [3.05, 3.63) is 241 Å². The topological polar surface area (TPSA) is 42.1 Å². The van der Waals surface area contributed by atoms with Crippen LogP contribution in [0.3, 0.4) is 0 Å². The van der Waals surface area contributed by atoms with Gasteiger partial charge in [0.1, 0.15) is 18.8 Å². The highest BCUT2D eigenvalue weighted by atomic mass is 15.5. The van der Waals surface area contributed by atoms with Crippen LogP contribution in [0.25, 0.3) is 44.5 Å². The van der Waals surface area contributed by atoms with Crippen molar-refractivity contribution in [1.82, 2.24) is 19.1 Å². The molecule has 7 aromatic carbocycles. The first-order valence-corrected chi connectivity index (χ1v) is 19.9. The lowest BCUT2D eigenvalue weighted by atomic mass is 9.85. The molecule has 0 saturated heterocycles. The quantitative estimate of drug-likeness (QED) is 0.145. The van der Waals surface area contributed by atoms with Crippen molar-refractivity contribution >= 4 is 56.0 Å². The molecule has 1 aliphatic rings. The molecular weight excluding hydrogens is 721 g/mol. The van der Waals surface area contributed by atoms with E-state index in [1.807, 2.05) is 24.7 Å². The number of hydrogen-bond acceptors (Lipinski definition) is 4. The summed E-state index contributed by atoms with van der Waals surface area (Å²) in [5.74, 6) is 2.83. The van der Waals surface area contributed by atoms with Crippen molar-refractivity contribution in [2.75, 3.05) is 16.5 Å². The van der Waals surface area contributed by atoms with Crippen LogP contribution < -0.4 is 9.80 Å². The minimum absolute atomic E-state index is 0.609. The molecule has 6 heteroatoms. The lowest BCUT2D eigenvalue weighted by Gasteiger charge is -2.24. The molecule has 3 aromatic heterocycles. The van der Waals surface area contributed by atoms with Crippen LogP contribution in [0.5, 0.6) is 0 Å². The molecule has 1 aliphatic heterocycles. The van der Waals surface area contributed by atoms with Gasteiger partial charge in [0.25, 0.3) is 0 Å². The van der Waals surface area contributed by atoms with Crippen LogP contribution in [0, 0.1) is 0 Å². The Labute approximate surface area is 342 Å². The lowest BCUT2D eigenvalue weighted by Crippen LogP contribution is -2.25. The summed E-state index contributed by atoms with van der Waals surface area (Å²) in [5, 5.41) is 2.38. The molecule has 0 amide bonds. The van der Waals surface area contributed by atoms with E-state index in [-0.39, 0.29) is 0 Å². The summed E-state index contributed by atoms with van der Waals surface area (Å²) >= 11 is 0. The maximum Gasteiger partial charge on any atom is 0.178 e. The highest BCUT2D eigenvalue weighted by Crippen LogP contribution is 2.46. The van der Waals surface area contributed by atoms with Gasteiger partial charge in [0.05, 0.1) is 11.0 Å². The monoisotopic (exact) mass is 758 g/mol. The van der Waals surface area contributed by atoms with E-state index >= 15 is 0 Å². The molecule has 0 N–H and O–H groups in total. The molecule has 0 spiro atoms. The third-order valence-electron chi connectivity index (χ3n) is 11.3. The molecule has 11 rings (SSSR count). The van der Waals surface area contributed by atoms with E-state index < -0.39 is 0 Å². The Balaban J connectivity index is 1.15. The second-order valence-electron chi connectivity index (χ2n) is 14.7. The second-order valence-corrected chi connectivity index (χ2v) is 14.7. The molecule has 59 heavy (non-hydrogen) atoms. The largest absolute Gasteiger partial charge is 0.306 e. The van der Waals surface area contributed by atoms with Gasteiger partial charge in [-0.15, -0.1) is 0 Å². The Hall–Kier alpha value is -7.96. The minimum Gasteiger partial charge on any atom is -0.306 e. The molecule has 0 atom stereocenters. The smallest absolute Gasteiger partial charge is 0.178 e. The van der Waals surface area contributed by atoms with Crippen LogP contribution >= 0.6 is 0 Å². The summed E-state index contributed by atoms with van der Waals surface area (Å²) in [4.78, 5) is 14.6. The van der Waals surface area contributed by atoms with Crippen LogP contribution in [0.15, 0.2) is 219 Å². The highest BCUT2D eigenvalue weighted by molar-refractivity contribution is 6.12. The summed E-state index contributed by atoms with van der Waals surface area (Å²) < 4.78 is 4.48. The number of nitrogens with zero attached hydrogens (tertiary/aromatic N) is 6. The fourth-order valence-corrected chi connectivity index (χ4v) is 8.65. The van der Waals surface area contributed by atoms with Gasteiger partial charge in [-0.05, 0) is 94.1 Å². The molecule has 6 nitrogen and oxygen atoms in total. The zero-order valence-corrected chi connectivity index (χ0v) is 32.2. The van der Waals surface area contributed by atoms with Crippen LogP contribution in [-0.2, 0) is 0 Å². The zero-order chi connectivity index (χ0) is 39.1. The lowest BCUT2D eigenvalue weighted by molar-refractivity contribution is 0.923. The first kappa shape index (κ1) is 34.3. The van der Waals surface area contributed by atoms with E-state index in [0.29, 0.717) is 6.67 Å². The van der Waals surface area contributed by atoms with Crippen molar-refractivity contribution in [3.63, 3.8) is 0 Å². The molecular formula is C53H38N6. The van der Waals surface area contributed by atoms with Crippen molar-refractivity contribution in [1.29, 1.82) is 0 Å². The van der Waals surface area contributed by atoms with E-state index in [2.05, 4.69) is 213 Å². The Bertz CT molecular complexity index is 3080. The van der Waals surface area contributed by atoms with E-state index in [4.69, 9.17) is 9.97 Å². The van der Waals surface area contributed by atoms with Gasteiger partial charge in [-0.1, -0.05) is 146 Å². The Morgan fingerprint density at radius 3 is 1.69 bits per heavy atom. The van der Waals surface area contributed by atoms with Gasteiger partial charge < -0.3 is 9.80 Å². The number of rotatable bonds is 8. The van der Waals surface area contributed by atoms with Crippen molar-refractivity contribution < 1.29 is 0 Å². The third kappa shape index (κ3) is 5.97. The number of para-hydroxylation sites is 3. The molecule has 0 unspecified atom stereocenters. The van der Waals surface area contributed by atoms with Gasteiger partial charge in [0.15, 0.2) is 11.6 Å². The van der Waals surface area contributed by atoms with Gasteiger partial charge >= 0.3 is 0 Å². The van der Waals surface area contributed by atoms with Crippen molar-refractivity contribution in [3.8, 4) is 11.5 Å². The van der Waals surface area contributed by atoms with E-state index in [1.165, 1.54) is 10.8 Å². The average Bonchev–Trinajstić information content (AvgIpc) is 4.01. The summed E-state index contributed by atoms with van der Waals surface area (Å²) in [6, 6.07) is 73.2. The normalized spacial score (nSPS) is 12.3. The first-order valence-electron chi connectivity index (χ1n) is 19.9. The minimum atomic E-state index is 0.609. The van der Waals surface area contributed by atoms with Crippen LogP contribution in [0.2, 0.25) is 0 Å². The van der Waals surface area contributed by atoms with Gasteiger partial charge in [0, 0.05) is 34.0 Å². The summed E-state index contributed by atoms with van der Waals surface area (Å²) in [6.07, 6.45) is 3.81. The highest BCUT2D eigenvalue weighted by Gasteiger charge is 2.34. The van der Waals surface area contributed by atoms with E-state index in [9.17, 15) is 0 Å². The molecule has 0 bridgehead atoms. The third-order valence-corrected chi connectivity index (χ3v) is 11.3. The maximum atomic E-state index is 5.09. The number of hydrogen-bond donors (Lipinski definition) is 0. The Morgan fingerprint density at radius 2 is 0.983 bits per heavy atom. The number of aromatic nitrogens is 4. The zero-order valence-electron chi connectivity index (χ0n) is 32.2. The van der Waals surface area contributed by atoms with Gasteiger partial charge in [-0.3, -0.25) is 9.13 Å². The van der Waals surface area contributed by atoms with Gasteiger partial charge in [0.2, 0.25) is 0 Å². The molecule has 4 heterocycles. The number of pyridine rings is 1. The number of anilines is 4. The number of imidazole rings is 1. The standard InChI is InChI=1S/C53H38N6/c1-5-18-38(19-6-1)50(39-20-7-2-8-21-39)51(41-31-32-46-45-28-13-14-29-47(45)59(48(46)35-41)49-30-15-16-33-54-49)40-22-17-27-44(34-40)57-37-58(43-25-11-4-12-26-43)53-52(57)55-36-56(53)42-23-9-3-10-24-42/h1-36H,37H2. The van der Waals surface area contributed by atoms with E-state index in [1.54, 1.807) is 0 Å². The maximum absolute atomic E-state index is 5.09. The molecule has 0 aliphatic carbocycles. The summed E-state index contributed by atoms with van der Waals surface area (Å²) in [7, 11) is 0. The second kappa shape index (κ2) is 14.5. The molecule has 0 saturated carbocycles. The fourth-order valence-electron chi connectivity index (χ4n) is 8.65. The van der Waals surface area contributed by atoms with E-state index in [0.717, 1.165) is 78.9 Å². The fraction of sp³-hybridized carbons (Fsp3) is 0.0189. The van der Waals surface area contributed by atoms with Gasteiger partial charge in [-0.25, -0.2) is 9.97 Å². The number of benzene rings is 7. The summed E-state index contributed by atoms with van der Waals surface area (Å²) in [5.41, 5.74) is 12.3. The Kier molecular flexibility index (Phi) is 8.44. The Morgan fingerprint density at radius 1 is 0.407 bits per heavy atom. The predicted octanol–water partition coefficient (Wildman–Crippen LogP) is 12.6.